The van der Waals surface area contributed by atoms with Crippen LogP contribution in [0.1, 0.15) is 106 Å². The van der Waals surface area contributed by atoms with Crippen LogP contribution >= 0.6 is 11.3 Å². The van der Waals surface area contributed by atoms with Crippen molar-refractivity contribution in [3.05, 3.63) is 34.2 Å². The van der Waals surface area contributed by atoms with Crippen LogP contribution in [0, 0.1) is 11.8 Å². The predicted octanol–water partition coefficient (Wildman–Crippen LogP) is 5.78. The molecule has 6 rings (SSSR count). The predicted molar refractivity (Wildman–Crippen MR) is 133 cm³/mol. The lowest BCUT2D eigenvalue weighted by atomic mass is 9.57. The molecule has 4 aliphatic rings. The van der Waals surface area contributed by atoms with Gasteiger partial charge in [0.1, 0.15) is 5.41 Å². The maximum atomic E-state index is 6.82. The Morgan fingerprint density at radius 3 is 2.52 bits per heavy atom. The summed E-state index contributed by atoms with van der Waals surface area (Å²) in [5, 5.41) is 19.8. The van der Waals surface area contributed by atoms with Crippen LogP contribution < -0.4 is 10.6 Å². The van der Waals surface area contributed by atoms with E-state index in [4.69, 9.17) is 14.6 Å². The van der Waals surface area contributed by atoms with Gasteiger partial charge in [0.05, 0.1) is 0 Å². The highest BCUT2D eigenvalue weighted by Crippen LogP contribution is 2.53. The van der Waals surface area contributed by atoms with E-state index in [2.05, 4.69) is 28.1 Å². The molecule has 2 N–H and O–H groups in total. The molecule has 5 nitrogen and oxygen atoms in total. The third-order valence-electron chi connectivity index (χ3n) is 9.32. The Bertz CT molecular complexity index is 884. The first-order valence-electron chi connectivity index (χ1n) is 13.7. The van der Waals surface area contributed by atoms with Crippen LogP contribution in [0.4, 0.5) is 0 Å². The molecule has 4 fully saturated rings. The van der Waals surface area contributed by atoms with Gasteiger partial charge in [-0.05, 0) is 81.3 Å². The number of fused-ring (bicyclic) bond motifs is 1. The Morgan fingerprint density at radius 1 is 0.848 bits per heavy atom. The van der Waals surface area contributed by atoms with Crippen molar-refractivity contribution in [3.8, 4) is 0 Å². The summed E-state index contributed by atoms with van der Waals surface area (Å²) >= 11 is 1.91. The van der Waals surface area contributed by atoms with Gasteiger partial charge < -0.3 is 15.1 Å². The minimum absolute atomic E-state index is 0.211. The van der Waals surface area contributed by atoms with E-state index in [0.29, 0.717) is 29.8 Å². The third-order valence-corrected chi connectivity index (χ3v) is 10.3. The molecule has 180 valence electrons. The first-order valence-corrected chi connectivity index (χ1v) is 14.6. The first kappa shape index (κ1) is 22.2. The molecule has 0 amide bonds. The Balaban J connectivity index is 1.48. The van der Waals surface area contributed by atoms with Crippen LogP contribution in [0.25, 0.3) is 0 Å². The molecular weight excluding hydrogens is 428 g/mol. The van der Waals surface area contributed by atoms with Gasteiger partial charge >= 0.3 is 0 Å². The second-order valence-electron chi connectivity index (χ2n) is 11.0. The Hall–Kier alpha value is -1.24. The van der Waals surface area contributed by atoms with E-state index in [0.717, 1.165) is 24.9 Å². The molecular formula is C27H40N4OS. The highest BCUT2D eigenvalue weighted by Gasteiger charge is 2.57. The summed E-state index contributed by atoms with van der Waals surface area (Å²) < 4.78 is 6.82. The molecule has 0 radical (unpaired) electrons. The average Bonchev–Trinajstić information content (AvgIpc) is 3.60. The molecule has 2 aliphatic heterocycles. The summed E-state index contributed by atoms with van der Waals surface area (Å²) in [6, 6.07) is 5.61. The second-order valence-corrected chi connectivity index (χ2v) is 12.0. The fourth-order valence-corrected chi connectivity index (χ4v) is 8.83. The lowest BCUT2D eigenvalue weighted by Crippen LogP contribution is -2.61. The number of aromatic nitrogens is 2. The molecule has 0 aromatic carbocycles. The summed E-state index contributed by atoms with van der Waals surface area (Å²) in [4.78, 5) is 1.44. The van der Waals surface area contributed by atoms with E-state index in [9.17, 15) is 0 Å². The van der Waals surface area contributed by atoms with E-state index in [1.165, 1.54) is 88.3 Å². The van der Waals surface area contributed by atoms with E-state index < -0.39 is 0 Å². The van der Waals surface area contributed by atoms with Crippen molar-refractivity contribution < 1.29 is 4.42 Å². The van der Waals surface area contributed by atoms with E-state index in [1.54, 1.807) is 0 Å². The van der Waals surface area contributed by atoms with Gasteiger partial charge in [0.25, 0.3) is 0 Å². The van der Waals surface area contributed by atoms with Gasteiger partial charge in [-0.1, -0.05) is 44.6 Å². The van der Waals surface area contributed by atoms with E-state index in [1.807, 2.05) is 11.3 Å². The quantitative estimate of drug-likeness (QED) is 0.583. The molecule has 0 bridgehead atoms. The minimum atomic E-state index is -0.211. The maximum absolute atomic E-state index is 6.82. The summed E-state index contributed by atoms with van der Waals surface area (Å²) in [7, 11) is 0. The summed E-state index contributed by atoms with van der Waals surface area (Å²) in [6.45, 7) is 2.20. The van der Waals surface area contributed by atoms with Crippen molar-refractivity contribution in [3.63, 3.8) is 0 Å². The average molecular weight is 469 g/mol. The van der Waals surface area contributed by atoms with Gasteiger partial charge in [-0.15, -0.1) is 21.5 Å². The number of thiophene rings is 1. The number of hydrogen-bond acceptors (Lipinski definition) is 6. The topological polar surface area (TPSA) is 63.0 Å². The zero-order valence-electron chi connectivity index (χ0n) is 19.9. The lowest BCUT2D eigenvalue weighted by Gasteiger charge is -2.53. The fraction of sp³-hybridized carbons (Fsp3) is 0.778. The summed E-state index contributed by atoms with van der Waals surface area (Å²) in [6.07, 6.45) is 16.6. The number of piperidine rings is 2. The van der Waals surface area contributed by atoms with Crippen LogP contribution in [-0.4, -0.2) is 35.4 Å². The molecule has 0 spiro atoms. The molecule has 6 heteroatoms. The van der Waals surface area contributed by atoms with Crippen molar-refractivity contribution in [2.24, 2.45) is 11.8 Å². The standard InChI is InChI=1S/C27H40N4OS/c1-2-9-19(10-3-1)25-30-31-26(32-25)27(24-14-8-18-33-24,23-13-6-7-16-29-23)21-15-17-28-22-12-5-4-11-20(21)22/h8,14,18-23,28-29H,1-7,9-13,15-17H2. The number of rotatable bonds is 5. The number of nitrogens with zero attached hydrogens (tertiary/aromatic N) is 2. The zero-order valence-corrected chi connectivity index (χ0v) is 20.8. The fourth-order valence-electron chi connectivity index (χ4n) is 7.79. The third kappa shape index (κ3) is 4.00. The van der Waals surface area contributed by atoms with Crippen molar-refractivity contribution in [1.82, 2.24) is 20.8 Å². The zero-order chi connectivity index (χ0) is 22.1. The van der Waals surface area contributed by atoms with Gasteiger partial charge in [0.2, 0.25) is 11.8 Å². The molecule has 2 saturated heterocycles. The van der Waals surface area contributed by atoms with Crippen molar-refractivity contribution >= 4 is 11.3 Å². The van der Waals surface area contributed by atoms with Crippen molar-refractivity contribution in [2.75, 3.05) is 13.1 Å². The molecule has 5 unspecified atom stereocenters. The summed E-state index contributed by atoms with van der Waals surface area (Å²) in [5.74, 6) is 3.51. The molecule has 2 aliphatic carbocycles. The van der Waals surface area contributed by atoms with E-state index in [-0.39, 0.29) is 5.41 Å². The van der Waals surface area contributed by atoms with Gasteiger partial charge in [-0.25, -0.2) is 0 Å². The molecule has 2 saturated carbocycles. The van der Waals surface area contributed by atoms with Gasteiger partial charge in [0, 0.05) is 22.9 Å². The largest absolute Gasteiger partial charge is 0.424 e. The minimum Gasteiger partial charge on any atom is -0.424 e. The maximum Gasteiger partial charge on any atom is 0.229 e. The molecule has 2 aromatic heterocycles. The monoisotopic (exact) mass is 468 g/mol. The van der Waals surface area contributed by atoms with Gasteiger partial charge in [0.15, 0.2) is 0 Å². The number of hydrogen-bond donors (Lipinski definition) is 2. The Labute approximate surface area is 202 Å². The van der Waals surface area contributed by atoms with Gasteiger partial charge in [-0.3, -0.25) is 0 Å². The molecule has 2 aromatic rings. The van der Waals surface area contributed by atoms with Crippen LogP contribution in [0.2, 0.25) is 0 Å². The van der Waals surface area contributed by atoms with Gasteiger partial charge in [-0.2, -0.15) is 0 Å². The Morgan fingerprint density at radius 2 is 1.70 bits per heavy atom. The van der Waals surface area contributed by atoms with E-state index >= 15 is 0 Å². The van der Waals surface area contributed by atoms with Crippen LogP contribution in [0.5, 0.6) is 0 Å². The molecule has 5 atom stereocenters. The normalized spacial score (nSPS) is 33.3. The first-order chi connectivity index (χ1) is 16.4. The van der Waals surface area contributed by atoms with Crippen LogP contribution in [-0.2, 0) is 5.41 Å². The van der Waals surface area contributed by atoms with Crippen molar-refractivity contribution in [2.45, 2.75) is 107 Å². The SMILES string of the molecule is c1csc(C(c2nnc(C3CCCCC3)o2)(C2CCCCN2)C2CCNC3CCCCC32)c1. The van der Waals surface area contributed by atoms with Crippen LogP contribution in [0.3, 0.4) is 0 Å². The smallest absolute Gasteiger partial charge is 0.229 e. The summed E-state index contributed by atoms with van der Waals surface area (Å²) in [5.41, 5.74) is -0.211. The van der Waals surface area contributed by atoms with Crippen molar-refractivity contribution in [1.29, 1.82) is 0 Å². The highest BCUT2D eigenvalue weighted by molar-refractivity contribution is 7.10. The lowest BCUT2D eigenvalue weighted by molar-refractivity contribution is 0.0505. The Kier molecular flexibility index (Phi) is 6.60. The molecule has 33 heavy (non-hydrogen) atoms. The molecule has 4 heterocycles. The van der Waals surface area contributed by atoms with Crippen LogP contribution in [0.15, 0.2) is 21.9 Å². The highest BCUT2D eigenvalue weighted by atomic mass is 32.1. The number of nitrogens with one attached hydrogen (secondary N) is 2. The second kappa shape index (κ2) is 9.79.